The summed E-state index contributed by atoms with van der Waals surface area (Å²) in [5, 5.41) is 0.547. The summed E-state index contributed by atoms with van der Waals surface area (Å²) in [6.45, 7) is 0. The Hall–Kier alpha value is -2.05. The van der Waals surface area contributed by atoms with Crippen LogP contribution >= 0.6 is 24.0 Å². The first kappa shape index (κ1) is 16.8. The molecule has 0 aliphatic carbocycles. The SMILES string of the molecule is CSOc1ccc2c(=O)c(-c3ccc(N(C)SC)cc3)coc2c1. The summed E-state index contributed by atoms with van der Waals surface area (Å²) < 4.78 is 13.1. The normalized spacial score (nSPS) is 10.8. The van der Waals surface area contributed by atoms with Crippen molar-refractivity contribution in [3.8, 4) is 16.9 Å². The Bertz CT molecular complexity index is 906. The zero-order valence-corrected chi connectivity index (χ0v) is 15.2. The number of hydrogen-bond acceptors (Lipinski definition) is 6. The number of nitrogens with zero attached hydrogens (tertiary/aromatic N) is 1. The van der Waals surface area contributed by atoms with Gasteiger partial charge in [0.25, 0.3) is 0 Å². The highest BCUT2D eigenvalue weighted by Gasteiger charge is 2.10. The molecule has 0 spiro atoms. The number of hydrogen-bond donors (Lipinski definition) is 0. The highest BCUT2D eigenvalue weighted by molar-refractivity contribution is 7.99. The van der Waals surface area contributed by atoms with Gasteiger partial charge in [-0.05, 0) is 29.8 Å². The first-order valence-electron chi connectivity index (χ1n) is 7.28. The largest absolute Gasteiger partial charge is 0.463 e. The molecule has 3 rings (SSSR count). The summed E-state index contributed by atoms with van der Waals surface area (Å²) in [6, 6.07) is 13.1. The highest BCUT2D eigenvalue weighted by Crippen LogP contribution is 2.26. The standard InChI is InChI=1S/C18H17NO3S2/c1-19(23-2)13-6-4-12(5-7-13)16-11-21-17-10-14(22-24-3)8-9-15(17)18(16)20/h4-11H,1-3H3. The van der Waals surface area contributed by atoms with E-state index in [9.17, 15) is 4.79 Å². The van der Waals surface area contributed by atoms with Crippen LogP contribution in [0.15, 0.2) is 57.9 Å². The molecule has 1 heterocycles. The van der Waals surface area contributed by atoms with Gasteiger partial charge in [0.05, 0.1) is 23.0 Å². The van der Waals surface area contributed by atoms with E-state index in [1.165, 1.54) is 18.3 Å². The summed E-state index contributed by atoms with van der Waals surface area (Å²) in [4.78, 5) is 12.8. The van der Waals surface area contributed by atoms with Gasteiger partial charge in [-0.2, -0.15) is 0 Å². The van der Waals surface area contributed by atoms with E-state index in [4.69, 9.17) is 8.60 Å². The zero-order chi connectivity index (χ0) is 17.1. The number of rotatable bonds is 5. The summed E-state index contributed by atoms with van der Waals surface area (Å²) in [7, 11) is 2.00. The average molecular weight is 359 g/mol. The van der Waals surface area contributed by atoms with E-state index in [0.717, 1.165) is 11.3 Å². The van der Waals surface area contributed by atoms with Gasteiger partial charge >= 0.3 is 0 Å². The molecule has 6 heteroatoms. The van der Waals surface area contributed by atoms with E-state index in [1.807, 2.05) is 43.8 Å². The molecular weight excluding hydrogens is 342 g/mol. The Morgan fingerprint density at radius 1 is 1.08 bits per heavy atom. The van der Waals surface area contributed by atoms with Crippen molar-refractivity contribution < 1.29 is 8.60 Å². The molecule has 0 unspecified atom stereocenters. The van der Waals surface area contributed by atoms with Gasteiger partial charge < -0.3 is 12.9 Å². The number of fused-ring (bicyclic) bond motifs is 1. The molecule has 0 N–H and O–H groups in total. The van der Waals surface area contributed by atoms with Crippen molar-refractivity contribution >= 4 is 40.6 Å². The third-order valence-electron chi connectivity index (χ3n) is 3.74. The van der Waals surface area contributed by atoms with Crippen LogP contribution in [0.5, 0.6) is 5.75 Å². The first-order valence-corrected chi connectivity index (χ1v) is 9.61. The Morgan fingerprint density at radius 2 is 1.83 bits per heavy atom. The first-order chi connectivity index (χ1) is 11.6. The van der Waals surface area contributed by atoms with Crippen molar-refractivity contribution in [2.24, 2.45) is 0 Å². The van der Waals surface area contributed by atoms with Crippen molar-refractivity contribution in [3.63, 3.8) is 0 Å². The minimum Gasteiger partial charge on any atom is -0.463 e. The summed E-state index contributed by atoms with van der Waals surface area (Å²) in [6.07, 6.45) is 5.36. The van der Waals surface area contributed by atoms with Gasteiger partial charge in [-0.25, -0.2) is 0 Å². The summed E-state index contributed by atoms with van der Waals surface area (Å²) >= 11 is 2.88. The summed E-state index contributed by atoms with van der Waals surface area (Å²) in [5.41, 5.74) is 2.95. The van der Waals surface area contributed by atoms with Gasteiger partial charge in [0, 0.05) is 31.3 Å². The highest BCUT2D eigenvalue weighted by atomic mass is 32.2. The van der Waals surface area contributed by atoms with Crippen LogP contribution in [-0.2, 0) is 0 Å². The molecule has 0 aliphatic rings. The quantitative estimate of drug-likeness (QED) is 0.480. The fraction of sp³-hybridized carbons (Fsp3) is 0.167. The van der Waals surface area contributed by atoms with E-state index >= 15 is 0 Å². The molecule has 0 amide bonds. The number of benzene rings is 2. The van der Waals surface area contributed by atoms with E-state index in [1.54, 1.807) is 30.1 Å². The molecule has 0 bridgehead atoms. The Balaban J connectivity index is 2.02. The molecular formula is C18H17NO3S2. The third kappa shape index (κ3) is 3.25. The van der Waals surface area contributed by atoms with Crippen LogP contribution in [-0.4, -0.2) is 19.6 Å². The second-order valence-corrected chi connectivity index (χ2v) is 6.53. The lowest BCUT2D eigenvalue weighted by molar-refractivity contribution is 0.597. The van der Waals surface area contributed by atoms with Crippen molar-refractivity contribution in [1.82, 2.24) is 0 Å². The van der Waals surface area contributed by atoms with Gasteiger partial charge in [-0.15, -0.1) is 0 Å². The molecule has 1 aromatic heterocycles. The topological polar surface area (TPSA) is 42.7 Å². The monoisotopic (exact) mass is 359 g/mol. The summed E-state index contributed by atoms with van der Waals surface area (Å²) in [5.74, 6) is 0.662. The second kappa shape index (κ2) is 7.23. The van der Waals surface area contributed by atoms with E-state index in [0.29, 0.717) is 22.3 Å². The Morgan fingerprint density at radius 3 is 2.50 bits per heavy atom. The molecule has 0 saturated heterocycles. The van der Waals surface area contributed by atoms with Crippen LogP contribution in [0.25, 0.3) is 22.1 Å². The van der Waals surface area contributed by atoms with Crippen LogP contribution in [0.1, 0.15) is 0 Å². The van der Waals surface area contributed by atoms with Gasteiger partial charge in [0.1, 0.15) is 17.6 Å². The maximum absolute atomic E-state index is 12.8. The molecule has 124 valence electrons. The Kier molecular flexibility index (Phi) is 5.06. The lowest BCUT2D eigenvalue weighted by Gasteiger charge is -2.15. The van der Waals surface area contributed by atoms with Crippen LogP contribution in [0.3, 0.4) is 0 Å². The minimum absolute atomic E-state index is 0.0436. The zero-order valence-electron chi connectivity index (χ0n) is 13.6. The molecule has 0 saturated carbocycles. The minimum atomic E-state index is -0.0436. The van der Waals surface area contributed by atoms with Crippen molar-refractivity contribution in [2.45, 2.75) is 0 Å². The fourth-order valence-corrected chi connectivity index (χ4v) is 3.04. The maximum Gasteiger partial charge on any atom is 0.200 e. The molecule has 4 nitrogen and oxygen atoms in total. The van der Waals surface area contributed by atoms with Crippen LogP contribution in [0.4, 0.5) is 5.69 Å². The molecule has 24 heavy (non-hydrogen) atoms. The predicted molar refractivity (Wildman–Crippen MR) is 104 cm³/mol. The van der Waals surface area contributed by atoms with Crippen molar-refractivity contribution in [1.29, 1.82) is 0 Å². The predicted octanol–water partition coefficient (Wildman–Crippen LogP) is 4.83. The molecule has 0 radical (unpaired) electrons. The average Bonchev–Trinajstić information content (AvgIpc) is 2.62. The molecule has 0 fully saturated rings. The van der Waals surface area contributed by atoms with Crippen molar-refractivity contribution in [2.75, 3.05) is 23.9 Å². The molecule has 0 aliphatic heterocycles. The van der Waals surface area contributed by atoms with Gasteiger partial charge in [-0.1, -0.05) is 24.1 Å². The van der Waals surface area contributed by atoms with E-state index < -0.39 is 0 Å². The third-order valence-corrected chi connectivity index (χ3v) is 4.86. The van der Waals surface area contributed by atoms with Gasteiger partial charge in [-0.3, -0.25) is 4.79 Å². The van der Waals surface area contributed by atoms with Gasteiger partial charge in [0.2, 0.25) is 0 Å². The van der Waals surface area contributed by atoms with Gasteiger partial charge in [0.15, 0.2) is 5.43 Å². The molecule has 2 aromatic carbocycles. The Labute approximate surface area is 149 Å². The lowest BCUT2D eigenvalue weighted by atomic mass is 10.1. The smallest absolute Gasteiger partial charge is 0.200 e. The van der Waals surface area contributed by atoms with Crippen LogP contribution in [0.2, 0.25) is 0 Å². The fourth-order valence-electron chi connectivity index (χ4n) is 2.41. The van der Waals surface area contributed by atoms with Crippen LogP contribution < -0.4 is 13.9 Å². The van der Waals surface area contributed by atoms with E-state index in [-0.39, 0.29) is 5.43 Å². The second-order valence-electron chi connectivity index (χ2n) is 5.11. The van der Waals surface area contributed by atoms with Crippen molar-refractivity contribution in [3.05, 3.63) is 59.0 Å². The van der Waals surface area contributed by atoms with E-state index in [2.05, 4.69) is 4.31 Å². The van der Waals surface area contributed by atoms with Crippen LogP contribution in [0, 0.1) is 0 Å². The maximum atomic E-state index is 12.8. The lowest BCUT2D eigenvalue weighted by Crippen LogP contribution is -2.06. The molecule has 3 aromatic rings. The molecule has 0 atom stereocenters. The number of anilines is 1.